The fourth-order valence-corrected chi connectivity index (χ4v) is 1.68. The molecule has 0 heterocycles. The maximum atomic E-state index is 13.3. The van der Waals surface area contributed by atoms with Gasteiger partial charge in [0.2, 0.25) is 0 Å². The lowest BCUT2D eigenvalue weighted by Crippen LogP contribution is -2.77. The molecular weight excluding hydrogens is 480 g/mol. The maximum Gasteiger partial charge on any atom is 0.436 e. The van der Waals surface area contributed by atoms with E-state index < -0.39 is 52.8 Å². The Hall–Kier alpha value is -1.36. The molecule has 1 atom stereocenters. The van der Waals surface area contributed by atoms with Gasteiger partial charge >= 0.3 is 52.8 Å². The fourth-order valence-electron chi connectivity index (χ4n) is 1.46. The van der Waals surface area contributed by atoms with Gasteiger partial charge in [0.1, 0.15) is 0 Å². The van der Waals surface area contributed by atoms with Crippen LogP contribution in [0.1, 0.15) is 0 Å². The Bertz CT molecular complexity index is 603. The molecule has 2 nitrogen and oxygen atoms in total. The van der Waals surface area contributed by atoms with E-state index in [0.717, 1.165) is 0 Å². The van der Waals surface area contributed by atoms with Gasteiger partial charge in [-0.3, -0.25) is 0 Å². The summed E-state index contributed by atoms with van der Waals surface area (Å²) in [5, 5.41) is 0.399. The highest BCUT2D eigenvalue weighted by Gasteiger charge is 2.97. The first-order chi connectivity index (χ1) is 11.7. The van der Waals surface area contributed by atoms with Gasteiger partial charge in [-0.2, -0.15) is 65.9 Å². The molecule has 0 bridgehead atoms. The molecule has 0 radical (unpaired) electrons. The number of carbonyl (C=O) groups is 1. The minimum Gasteiger partial charge on any atom is -0.477 e. The SMILES string of the molecule is O=C(O)C(F)(F)C(F)(F)C(F)(F)C(F)(F)C(F)(F)C(F)(C(F)(F)F)C(F)(F)Cl. The van der Waals surface area contributed by atoms with Crippen molar-refractivity contribution in [1.82, 2.24) is 0 Å². The molecule has 0 aliphatic carbocycles. The van der Waals surface area contributed by atoms with Gasteiger partial charge in [-0.05, 0) is 11.6 Å². The number of carboxylic acids is 1. The summed E-state index contributed by atoms with van der Waals surface area (Å²) in [7, 11) is 0. The summed E-state index contributed by atoms with van der Waals surface area (Å²) in [5.74, 6) is -45.8. The molecule has 1 unspecified atom stereocenters. The molecule has 0 saturated carbocycles. The molecule has 0 aliphatic rings. The highest BCUT2D eigenvalue weighted by atomic mass is 35.5. The number of alkyl halides is 17. The average molecular weight is 481 g/mol. The zero-order valence-electron chi connectivity index (χ0n) is 11.8. The number of hydrogen-bond donors (Lipinski definition) is 1. The molecule has 0 rings (SSSR count). The zero-order chi connectivity index (χ0) is 23.6. The minimum absolute atomic E-state index is 3.30. The Kier molecular flexibility index (Phi) is 6.01. The van der Waals surface area contributed by atoms with E-state index in [2.05, 4.69) is 11.6 Å². The van der Waals surface area contributed by atoms with E-state index in [9.17, 15) is 75.0 Å². The molecule has 19 heteroatoms. The first kappa shape index (κ1) is 26.6. The van der Waals surface area contributed by atoms with Gasteiger partial charge in [-0.1, -0.05) is 0 Å². The fraction of sp³-hybridized carbons (Fsp3) is 0.889. The summed E-state index contributed by atoms with van der Waals surface area (Å²) in [5.41, 5.74) is -8.21. The van der Waals surface area contributed by atoms with Gasteiger partial charge < -0.3 is 5.11 Å². The first-order valence-electron chi connectivity index (χ1n) is 5.64. The van der Waals surface area contributed by atoms with Crippen molar-refractivity contribution in [2.75, 3.05) is 0 Å². The molecule has 168 valence electrons. The second-order valence-electron chi connectivity index (χ2n) is 4.83. The van der Waals surface area contributed by atoms with E-state index in [1.54, 1.807) is 0 Å². The van der Waals surface area contributed by atoms with Crippen LogP contribution in [0.5, 0.6) is 0 Å². The summed E-state index contributed by atoms with van der Waals surface area (Å²) in [6.07, 6.45) is -7.97. The van der Waals surface area contributed by atoms with Crippen molar-refractivity contribution in [2.45, 2.75) is 46.8 Å². The third-order valence-corrected chi connectivity index (χ3v) is 3.32. The smallest absolute Gasteiger partial charge is 0.436 e. The third kappa shape index (κ3) is 3.01. The van der Waals surface area contributed by atoms with E-state index in [-0.39, 0.29) is 0 Å². The van der Waals surface area contributed by atoms with Crippen LogP contribution in [-0.2, 0) is 4.79 Å². The van der Waals surface area contributed by atoms with Gasteiger partial charge in [0.25, 0.3) is 0 Å². The first-order valence-corrected chi connectivity index (χ1v) is 6.02. The van der Waals surface area contributed by atoms with Crippen molar-refractivity contribution < 1.29 is 80.1 Å². The predicted molar refractivity (Wildman–Crippen MR) is 53.1 cm³/mol. The lowest BCUT2D eigenvalue weighted by Gasteiger charge is -2.44. The number of carboxylic acid groups (broad SMARTS) is 1. The van der Waals surface area contributed by atoms with Crippen LogP contribution in [-0.4, -0.2) is 57.9 Å². The van der Waals surface area contributed by atoms with Crippen molar-refractivity contribution >= 4 is 17.6 Å². The van der Waals surface area contributed by atoms with Crippen LogP contribution in [0.15, 0.2) is 0 Å². The Morgan fingerprint density at radius 1 is 0.571 bits per heavy atom. The predicted octanol–water partition coefficient (Wildman–Crippen LogP) is 5.35. The van der Waals surface area contributed by atoms with Crippen molar-refractivity contribution in [1.29, 1.82) is 0 Å². The normalized spacial score (nSPS) is 18.0. The Morgan fingerprint density at radius 3 is 1.07 bits per heavy atom. The summed E-state index contributed by atoms with van der Waals surface area (Å²) >= 11 is 3.30. The molecule has 0 aliphatic heterocycles. The minimum atomic E-state index is -8.70. The summed E-state index contributed by atoms with van der Waals surface area (Å²) in [4.78, 5) is 9.82. The van der Waals surface area contributed by atoms with E-state index in [4.69, 9.17) is 5.11 Å². The molecular formula is C9HClF16O2. The van der Waals surface area contributed by atoms with E-state index in [0.29, 0.717) is 0 Å². The van der Waals surface area contributed by atoms with Crippen LogP contribution in [0.3, 0.4) is 0 Å². The average Bonchev–Trinajstić information content (AvgIpc) is 2.42. The van der Waals surface area contributed by atoms with Crippen molar-refractivity contribution in [3.05, 3.63) is 0 Å². The highest BCUT2D eigenvalue weighted by Crippen LogP contribution is 2.65. The molecule has 0 aromatic carbocycles. The summed E-state index contributed by atoms with van der Waals surface area (Å²) in [6, 6.07) is 0. The van der Waals surface area contributed by atoms with Gasteiger partial charge in [-0.15, -0.1) is 0 Å². The van der Waals surface area contributed by atoms with E-state index in [1.165, 1.54) is 0 Å². The highest BCUT2D eigenvalue weighted by molar-refractivity contribution is 6.22. The van der Waals surface area contributed by atoms with Crippen LogP contribution in [0.25, 0.3) is 0 Å². The van der Waals surface area contributed by atoms with Crippen molar-refractivity contribution in [3.63, 3.8) is 0 Å². The third-order valence-electron chi connectivity index (χ3n) is 3.06. The summed E-state index contributed by atoms with van der Waals surface area (Å²) in [6.45, 7) is 0. The number of halogens is 17. The quantitative estimate of drug-likeness (QED) is 0.394. The number of aliphatic carboxylic acids is 1. The standard InChI is InChI=1S/C9HClF16O2/c10-8(22,23)3(13,9(24,25)26)5(16,17)7(20,21)6(18,19)4(14,15)2(11,12)1(27)28/h(H,27,28). The molecule has 0 aromatic heterocycles. The second-order valence-corrected chi connectivity index (χ2v) is 5.31. The molecule has 0 spiro atoms. The number of hydrogen-bond acceptors (Lipinski definition) is 1. The van der Waals surface area contributed by atoms with Crippen molar-refractivity contribution in [3.8, 4) is 0 Å². The molecule has 0 aromatic rings. The van der Waals surface area contributed by atoms with Crippen LogP contribution in [0.2, 0.25) is 0 Å². The Morgan fingerprint density at radius 2 is 0.857 bits per heavy atom. The van der Waals surface area contributed by atoms with Crippen LogP contribution < -0.4 is 0 Å². The molecule has 28 heavy (non-hydrogen) atoms. The molecule has 0 fully saturated rings. The van der Waals surface area contributed by atoms with Gasteiger partial charge in [0.05, 0.1) is 0 Å². The van der Waals surface area contributed by atoms with Gasteiger partial charge in [0, 0.05) is 0 Å². The topological polar surface area (TPSA) is 37.3 Å². The van der Waals surface area contributed by atoms with Gasteiger partial charge in [-0.25, -0.2) is 9.18 Å². The lowest BCUT2D eigenvalue weighted by molar-refractivity contribution is -0.444. The van der Waals surface area contributed by atoms with Crippen LogP contribution in [0, 0.1) is 0 Å². The van der Waals surface area contributed by atoms with E-state index >= 15 is 0 Å². The summed E-state index contributed by atoms with van der Waals surface area (Å²) < 4.78 is 205. The molecule has 0 amide bonds. The van der Waals surface area contributed by atoms with Crippen LogP contribution in [0.4, 0.5) is 70.2 Å². The second kappa shape index (κ2) is 6.32. The maximum absolute atomic E-state index is 13.3. The molecule has 1 N–H and O–H groups in total. The Labute approximate surface area is 146 Å². The lowest BCUT2D eigenvalue weighted by atomic mass is 9.85. The van der Waals surface area contributed by atoms with Crippen molar-refractivity contribution in [2.24, 2.45) is 0 Å². The number of rotatable bonds is 7. The van der Waals surface area contributed by atoms with E-state index in [1.807, 2.05) is 0 Å². The monoisotopic (exact) mass is 480 g/mol. The van der Waals surface area contributed by atoms with Crippen LogP contribution >= 0.6 is 11.6 Å². The van der Waals surface area contributed by atoms with Gasteiger partial charge in [0.15, 0.2) is 0 Å². The molecule has 0 saturated heterocycles. The zero-order valence-corrected chi connectivity index (χ0v) is 12.5. The Balaban J connectivity index is 6.99. The largest absolute Gasteiger partial charge is 0.477 e.